The third-order valence-corrected chi connectivity index (χ3v) is 6.83. The van der Waals surface area contributed by atoms with E-state index in [0.29, 0.717) is 17.4 Å². The van der Waals surface area contributed by atoms with E-state index in [2.05, 4.69) is 12.1 Å². The summed E-state index contributed by atoms with van der Waals surface area (Å²) in [6.07, 6.45) is 2.96. The van der Waals surface area contributed by atoms with Crippen LogP contribution in [-0.4, -0.2) is 26.6 Å². The smallest absolute Gasteiger partial charge is 0.307 e. The molecule has 1 fully saturated rings. The van der Waals surface area contributed by atoms with Crippen LogP contribution in [0.25, 0.3) is 32.9 Å². The monoisotopic (exact) mass is 438 g/mol. The topological polar surface area (TPSA) is 72.3 Å². The van der Waals surface area contributed by atoms with Crippen molar-refractivity contribution in [2.24, 2.45) is 0 Å². The molecule has 2 atom stereocenters. The van der Waals surface area contributed by atoms with E-state index in [9.17, 15) is 9.90 Å². The van der Waals surface area contributed by atoms with Gasteiger partial charge >= 0.3 is 5.97 Å². The average Bonchev–Trinajstić information content (AvgIpc) is 3.47. The fourth-order valence-corrected chi connectivity index (χ4v) is 5.53. The number of aromatic nitrogens is 2. The molecule has 2 heterocycles. The minimum Gasteiger partial charge on any atom is -0.487 e. The standard InChI is InChI=1S/C28H26N2O3/c1-14-17(13-23(31)32)24(16-7-5-6-8-21(16)30-14)26-22(33-28(2,3)4)12-20-19-11-18(19)15-9-10-29-27(26)25(15)20/h5-10,12,18-19H,11,13H2,1-4H3,(H,31,32). The molecule has 1 N–H and O–H groups in total. The van der Waals surface area contributed by atoms with E-state index in [0.717, 1.165) is 39.0 Å². The summed E-state index contributed by atoms with van der Waals surface area (Å²) in [7, 11) is 0. The molecule has 5 nitrogen and oxygen atoms in total. The maximum atomic E-state index is 11.9. The van der Waals surface area contributed by atoms with Gasteiger partial charge in [0.25, 0.3) is 0 Å². The van der Waals surface area contributed by atoms with E-state index in [1.54, 1.807) is 0 Å². The zero-order valence-corrected chi connectivity index (χ0v) is 19.3. The van der Waals surface area contributed by atoms with Gasteiger partial charge in [-0.2, -0.15) is 0 Å². The zero-order valence-electron chi connectivity index (χ0n) is 19.3. The lowest BCUT2D eigenvalue weighted by Gasteiger charge is -2.26. The third-order valence-electron chi connectivity index (χ3n) is 6.83. The quantitative estimate of drug-likeness (QED) is 0.414. The van der Waals surface area contributed by atoms with Crippen LogP contribution in [0.5, 0.6) is 5.75 Å². The van der Waals surface area contributed by atoms with Gasteiger partial charge in [-0.15, -0.1) is 0 Å². The Kier molecular flexibility index (Phi) is 4.13. The molecule has 5 heteroatoms. The Balaban J connectivity index is 1.78. The second kappa shape index (κ2) is 6.77. The molecular weight excluding hydrogens is 412 g/mol. The Morgan fingerprint density at radius 2 is 1.88 bits per heavy atom. The van der Waals surface area contributed by atoms with Gasteiger partial charge in [0.1, 0.15) is 11.4 Å². The van der Waals surface area contributed by atoms with Crippen molar-refractivity contribution in [3.8, 4) is 16.9 Å². The molecule has 2 unspecified atom stereocenters. The van der Waals surface area contributed by atoms with Gasteiger partial charge in [0, 0.05) is 28.2 Å². The van der Waals surface area contributed by atoms with Crippen molar-refractivity contribution in [3.05, 3.63) is 65.0 Å². The van der Waals surface area contributed by atoms with E-state index in [-0.39, 0.29) is 6.42 Å². The van der Waals surface area contributed by atoms with Gasteiger partial charge < -0.3 is 9.84 Å². The summed E-state index contributed by atoms with van der Waals surface area (Å²) >= 11 is 0. The molecule has 6 rings (SSSR count). The highest BCUT2D eigenvalue weighted by Gasteiger charge is 2.48. The first kappa shape index (κ1) is 20.2. The molecule has 4 aromatic rings. The molecule has 2 aromatic heterocycles. The number of ether oxygens (including phenoxy) is 1. The van der Waals surface area contributed by atoms with Crippen molar-refractivity contribution in [2.45, 2.75) is 58.0 Å². The number of aryl methyl sites for hydroxylation is 1. The Morgan fingerprint density at radius 1 is 1.12 bits per heavy atom. The van der Waals surface area contributed by atoms with E-state index >= 15 is 0 Å². The van der Waals surface area contributed by atoms with Crippen LogP contribution in [0.3, 0.4) is 0 Å². The average molecular weight is 439 g/mol. The van der Waals surface area contributed by atoms with Crippen LogP contribution >= 0.6 is 0 Å². The summed E-state index contributed by atoms with van der Waals surface area (Å²) in [4.78, 5) is 21.5. The first-order valence-corrected chi connectivity index (χ1v) is 11.5. The second-order valence-corrected chi connectivity index (χ2v) is 10.3. The number of fused-ring (bicyclic) bond motifs is 4. The summed E-state index contributed by atoms with van der Waals surface area (Å²) in [5.74, 6) is 0.995. The summed E-state index contributed by atoms with van der Waals surface area (Å²) in [6.45, 7) is 8.01. The minimum atomic E-state index is -0.880. The van der Waals surface area contributed by atoms with Crippen molar-refractivity contribution in [1.82, 2.24) is 9.97 Å². The molecule has 1 saturated carbocycles. The normalized spacial score (nSPS) is 18.5. The lowest BCUT2D eigenvalue weighted by molar-refractivity contribution is -0.136. The molecule has 0 amide bonds. The Labute approximate surface area is 192 Å². The number of carbonyl (C=O) groups is 1. The number of para-hydroxylation sites is 1. The molecule has 2 aromatic carbocycles. The van der Waals surface area contributed by atoms with Gasteiger partial charge in [-0.25, -0.2) is 0 Å². The predicted molar refractivity (Wildman–Crippen MR) is 129 cm³/mol. The third kappa shape index (κ3) is 3.10. The van der Waals surface area contributed by atoms with Crippen LogP contribution in [-0.2, 0) is 11.2 Å². The highest BCUT2D eigenvalue weighted by molar-refractivity contribution is 6.10. The van der Waals surface area contributed by atoms with Gasteiger partial charge in [0.15, 0.2) is 0 Å². The van der Waals surface area contributed by atoms with Crippen LogP contribution in [0.2, 0.25) is 0 Å². The van der Waals surface area contributed by atoms with Crippen molar-refractivity contribution >= 4 is 27.8 Å². The van der Waals surface area contributed by atoms with Gasteiger partial charge in [0.2, 0.25) is 0 Å². The van der Waals surface area contributed by atoms with E-state index < -0.39 is 11.6 Å². The van der Waals surface area contributed by atoms with Crippen molar-refractivity contribution < 1.29 is 14.6 Å². The number of benzene rings is 2. The van der Waals surface area contributed by atoms with Gasteiger partial charge in [-0.3, -0.25) is 14.8 Å². The summed E-state index contributed by atoms with van der Waals surface area (Å²) in [5.41, 5.74) is 7.19. The maximum Gasteiger partial charge on any atom is 0.307 e. The molecule has 0 aliphatic heterocycles. The number of aliphatic carboxylic acids is 1. The fraction of sp³-hybridized carbons (Fsp3) is 0.321. The first-order chi connectivity index (χ1) is 15.7. The second-order valence-electron chi connectivity index (χ2n) is 10.3. The molecule has 166 valence electrons. The molecular formula is C28H26N2O3. The fourth-order valence-electron chi connectivity index (χ4n) is 5.53. The zero-order chi connectivity index (χ0) is 23.1. The largest absolute Gasteiger partial charge is 0.487 e. The molecule has 0 saturated heterocycles. The van der Waals surface area contributed by atoms with Crippen LogP contribution in [0.15, 0.2) is 42.6 Å². The number of pyridine rings is 2. The van der Waals surface area contributed by atoms with Crippen LogP contribution in [0.1, 0.15) is 61.4 Å². The van der Waals surface area contributed by atoms with Crippen molar-refractivity contribution in [2.75, 3.05) is 0 Å². The molecule has 0 bridgehead atoms. The minimum absolute atomic E-state index is 0.109. The van der Waals surface area contributed by atoms with Crippen molar-refractivity contribution in [3.63, 3.8) is 0 Å². The van der Waals surface area contributed by atoms with Crippen LogP contribution in [0, 0.1) is 6.92 Å². The Hall–Kier alpha value is -3.47. The molecule has 2 aliphatic carbocycles. The maximum absolute atomic E-state index is 11.9. The van der Waals surface area contributed by atoms with Gasteiger partial charge in [-0.1, -0.05) is 18.2 Å². The van der Waals surface area contributed by atoms with Crippen molar-refractivity contribution in [1.29, 1.82) is 0 Å². The van der Waals surface area contributed by atoms with Crippen LogP contribution < -0.4 is 4.74 Å². The number of rotatable bonds is 4. The first-order valence-electron chi connectivity index (χ1n) is 11.5. The Morgan fingerprint density at radius 3 is 2.64 bits per heavy atom. The highest BCUT2D eigenvalue weighted by Crippen LogP contribution is 2.64. The number of nitrogens with zero attached hydrogens (tertiary/aromatic N) is 2. The van der Waals surface area contributed by atoms with Crippen LogP contribution in [0.4, 0.5) is 0 Å². The number of carboxylic acid groups (broad SMARTS) is 1. The lowest BCUT2D eigenvalue weighted by atomic mass is 9.88. The number of hydrogen-bond acceptors (Lipinski definition) is 4. The molecule has 0 radical (unpaired) electrons. The number of hydrogen-bond donors (Lipinski definition) is 1. The molecule has 0 spiro atoms. The summed E-state index contributed by atoms with van der Waals surface area (Å²) in [5, 5.41) is 11.9. The van der Waals surface area contributed by atoms with Gasteiger partial charge in [0.05, 0.1) is 23.0 Å². The van der Waals surface area contributed by atoms with E-state index in [4.69, 9.17) is 14.7 Å². The predicted octanol–water partition coefficient (Wildman–Crippen LogP) is 6.15. The SMILES string of the molecule is Cc1nc2ccccc2c(-c2c(OC(C)(C)C)cc3c4c(ccnc24)C2CC32)c1CC(=O)O. The summed E-state index contributed by atoms with van der Waals surface area (Å²) in [6, 6.07) is 12.3. The Bertz CT molecular complexity index is 1480. The number of carboxylic acids is 1. The lowest BCUT2D eigenvalue weighted by Crippen LogP contribution is -2.23. The molecule has 2 aliphatic rings. The highest BCUT2D eigenvalue weighted by atomic mass is 16.5. The van der Waals surface area contributed by atoms with E-state index in [1.165, 1.54) is 22.9 Å². The van der Waals surface area contributed by atoms with E-state index in [1.807, 2.05) is 58.2 Å². The summed E-state index contributed by atoms with van der Waals surface area (Å²) < 4.78 is 6.57. The molecule has 33 heavy (non-hydrogen) atoms. The van der Waals surface area contributed by atoms with Gasteiger partial charge in [-0.05, 0) is 80.8 Å².